The fourth-order valence-corrected chi connectivity index (χ4v) is 3.01. The first kappa shape index (κ1) is 13.1. The van der Waals surface area contributed by atoms with E-state index in [-0.39, 0.29) is 5.91 Å². The summed E-state index contributed by atoms with van der Waals surface area (Å²) in [5.41, 5.74) is 7.50. The number of aromatic nitrogens is 1. The molecule has 1 fully saturated rings. The summed E-state index contributed by atoms with van der Waals surface area (Å²) in [5, 5.41) is 0. The summed E-state index contributed by atoms with van der Waals surface area (Å²) in [7, 11) is 0. The highest BCUT2D eigenvalue weighted by atomic mass is 32.2. The van der Waals surface area contributed by atoms with Crippen molar-refractivity contribution in [3.63, 3.8) is 0 Å². The minimum atomic E-state index is -0.0656. The third-order valence-corrected chi connectivity index (χ3v) is 4.10. The lowest BCUT2D eigenvalue weighted by Crippen LogP contribution is -2.38. The van der Waals surface area contributed by atoms with E-state index in [0.717, 1.165) is 30.2 Å². The van der Waals surface area contributed by atoms with Gasteiger partial charge in [0.05, 0.1) is 0 Å². The number of carbonyl (C=O) groups is 1. The molecule has 1 aromatic carbocycles. The van der Waals surface area contributed by atoms with Gasteiger partial charge in [0.15, 0.2) is 5.69 Å². The Morgan fingerprint density at radius 1 is 1.35 bits per heavy atom. The Labute approximate surface area is 121 Å². The van der Waals surface area contributed by atoms with Crippen LogP contribution in [0.3, 0.4) is 0 Å². The van der Waals surface area contributed by atoms with Crippen LogP contribution in [0, 0.1) is 0 Å². The molecule has 0 aliphatic carbocycles. The van der Waals surface area contributed by atoms with Gasteiger partial charge >= 0.3 is 0 Å². The number of rotatable bonds is 2. The number of anilines is 1. The van der Waals surface area contributed by atoms with Crippen molar-refractivity contribution in [1.82, 2.24) is 9.88 Å². The zero-order chi connectivity index (χ0) is 13.9. The van der Waals surface area contributed by atoms with Crippen molar-refractivity contribution < 1.29 is 9.21 Å². The molecule has 104 valence electrons. The van der Waals surface area contributed by atoms with E-state index in [4.69, 9.17) is 10.2 Å². The number of thioether (sulfide) groups is 1. The Hall–Kier alpha value is -1.95. The topological polar surface area (TPSA) is 72.4 Å². The van der Waals surface area contributed by atoms with Crippen LogP contribution in [0.1, 0.15) is 10.5 Å². The third kappa shape index (κ3) is 2.65. The molecule has 2 heterocycles. The summed E-state index contributed by atoms with van der Waals surface area (Å²) in [6, 6.07) is 7.26. The van der Waals surface area contributed by atoms with Crippen LogP contribution in [0.15, 0.2) is 34.9 Å². The van der Waals surface area contributed by atoms with Gasteiger partial charge in [-0.05, 0) is 18.2 Å². The SMILES string of the molecule is Nc1cccc(-c2nc(C(=O)N3CCSCC3)co2)c1. The first-order chi connectivity index (χ1) is 9.74. The van der Waals surface area contributed by atoms with Crippen LogP contribution in [0.2, 0.25) is 0 Å². The minimum Gasteiger partial charge on any atom is -0.444 e. The summed E-state index contributed by atoms with van der Waals surface area (Å²) < 4.78 is 5.40. The molecule has 0 unspecified atom stereocenters. The van der Waals surface area contributed by atoms with Gasteiger partial charge in [-0.2, -0.15) is 11.8 Å². The maximum absolute atomic E-state index is 12.3. The van der Waals surface area contributed by atoms with Crippen LogP contribution >= 0.6 is 11.8 Å². The molecular formula is C14H15N3O2S. The number of amides is 1. The normalized spacial score (nSPS) is 15.3. The highest BCUT2D eigenvalue weighted by Crippen LogP contribution is 2.21. The predicted octanol–water partition coefficient (Wildman–Crippen LogP) is 2.11. The van der Waals surface area contributed by atoms with Crippen LogP contribution in [0.4, 0.5) is 5.69 Å². The average molecular weight is 289 g/mol. The van der Waals surface area contributed by atoms with E-state index in [1.165, 1.54) is 6.26 Å². The molecule has 5 nitrogen and oxygen atoms in total. The van der Waals surface area contributed by atoms with Crippen molar-refractivity contribution in [3.8, 4) is 11.5 Å². The lowest BCUT2D eigenvalue weighted by molar-refractivity contribution is 0.0766. The maximum Gasteiger partial charge on any atom is 0.275 e. The van der Waals surface area contributed by atoms with Gasteiger partial charge in [-0.25, -0.2) is 4.98 Å². The molecule has 3 rings (SSSR count). The third-order valence-electron chi connectivity index (χ3n) is 3.16. The molecule has 0 radical (unpaired) electrons. The molecule has 20 heavy (non-hydrogen) atoms. The van der Waals surface area contributed by atoms with Crippen molar-refractivity contribution in [3.05, 3.63) is 36.2 Å². The van der Waals surface area contributed by atoms with Gasteiger partial charge in [-0.15, -0.1) is 0 Å². The summed E-state index contributed by atoms with van der Waals surface area (Å²) in [6.45, 7) is 1.54. The van der Waals surface area contributed by atoms with Crippen molar-refractivity contribution in [2.45, 2.75) is 0 Å². The van der Waals surface area contributed by atoms with Gasteiger partial charge in [0.2, 0.25) is 5.89 Å². The molecule has 0 atom stereocenters. The molecule has 1 saturated heterocycles. The molecule has 0 bridgehead atoms. The second kappa shape index (κ2) is 5.58. The molecular weight excluding hydrogens is 274 g/mol. The van der Waals surface area contributed by atoms with Gasteiger partial charge in [0, 0.05) is 35.8 Å². The quantitative estimate of drug-likeness (QED) is 0.857. The highest BCUT2D eigenvalue weighted by Gasteiger charge is 2.21. The number of oxazole rings is 1. The van der Waals surface area contributed by atoms with Crippen molar-refractivity contribution in [1.29, 1.82) is 0 Å². The van der Waals surface area contributed by atoms with E-state index in [1.807, 2.05) is 28.8 Å². The number of hydrogen-bond donors (Lipinski definition) is 1. The Morgan fingerprint density at radius 2 is 2.15 bits per heavy atom. The van der Waals surface area contributed by atoms with E-state index in [1.54, 1.807) is 12.1 Å². The van der Waals surface area contributed by atoms with E-state index in [9.17, 15) is 4.79 Å². The Bertz CT molecular complexity index is 620. The summed E-state index contributed by atoms with van der Waals surface area (Å²) in [4.78, 5) is 18.4. The van der Waals surface area contributed by atoms with Crippen LogP contribution < -0.4 is 5.73 Å². The highest BCUT2D eigenvalue weighted by molar-refractivity contribution is 7.99. The number of carbonyl (C=O) groups excluding carboxylic acids is 1. The van der Waals surface area contributed by atoms with E-state index >= 15 is 0 Å². The number of nitrogen functional groups attached to an aromatic ring is 1. The van der Waals surface area contributed by atoms with Gasteiger partial charge in [0.25, 0.3) is 5.91 Å². The van der Waals surface area contributed by atoms with Crippen LogP contribution in [0.5, 0.6) is 0 Å². The molecule has 6 heteroatoms. The van der Waals surface area contributed by atoms with Crippen LogP contribution in [0.25, 0.3) is 11.5 Å². The first-order valence-electron chi connectivity index (χ1n) is 6.42. The molecule has 1 aliphatic heterocycles. The Balaban J connectivity index is 1.81. The van der Waals surface area contributed by atoms with Crippen molar-refractivity contribution in [2.24, 2.45) is 0 Å². The zero-order valence-corrected chi connectivity index (χ0v) is 11.7. The fourth-order valence-electron chi connectivity index (χ4n) is 2.10. The monoisotopic (exact) mass is 289 g/mol. The lowest BCUT2D eigenvalue weighted by atomic mass is 10.2. The summed E-state index contributed by atoms with van der Waals surface area (Å²) in [6.07, 6.45) is 1.42. The standard InChI is InChI=1S/C14H15N3O2S/c15-11-3-1-2-10(8-11)13-16-12(9-19-13)14(18)17-4-6-20-7-5-17/h1-3,8-9H,4-7,15H2. The number of nitrogens with zero attached hydrogens (tertiary/aromatic N) is 2. The number of hydrogen-bond acceptors (Lipinski definition) is 5. The van der Waals surface area contributed by atoms with Crippen molar-refractivity contribution >= 4 is 23.4 Å². The van der Waals surface area contributed by atoms with E-state index < -0.39 is 0 Å². The van der Waals surface area contributed by atoms with Crippen LogP contribution in [-0.4, -0.2) is 40.4 Å². The number of benzene rings is 1. The summed E-state index contributed by atoms with van der Waals surface area (Å²) >= 11 is 1.86. The van der Waals surface area contributed by atoms with Gasteiger partial charge in [-0.1, -0.05) is 6.07 Å². The zero-order valence-electron chi connectivity index (χ0n) is 10.9. The minimum absolute atomic E-state index is 0.0656. The lowest BCUT2D eigenvalue weighted by Gasteiger charge is -2.25. The molecule has 0 saturated carbocycles. The average Bonchev–Trinajstić information content (AvgIpc) is 2.97. The second-order valence-corrected chi connectivity index (χ2v) is 5.79. The van der Waals surface area contributed by atoms with Crippen LogP contribution in [-0.2, 0) is 0 Å². The largest absolute Gasteiger partial charge is 0.444 e. The fraction of sp³-hybridized carbons (Fsp3) is 0.286. The molecule has 0 spiro atoms. The Morgan fingerprint density at radius 3 is 2.90 bits per heavy atom. The van der Waals surface area contributed by atoms with Gasteiger partial charge in [-0.3, -0.25) is 4.79 Å². The van der Waals surface area contributed by atoms with Gasteiger partial charge in [0.1, 0.15) is 6.26 Å². The first-order valence-corrected chi connectivity index (χ1v) is 7.58. The Kier molecular flexibility index (Phi) is 3.64. The second-order valence-electron chi connectivity index (χ2n) is 4.57. The van der Waals surface area contributed by atoms with Crippen molar-refractivity contribution in [2.75, 3.05) is 30.3 Å². The number of nitrogens with two attached hydrogens (primary N) is 1. The predicted molar refractivity (Wildman–Crippen MR) is 79.6 cm³/mol. The molecule has 2 N–H and O–H groups in total. The molecule has 1 aliphatic rings. The molecule has 1 amide bonds. The van der Waals surface area contributed by atoms with E-state index in [2.05, 4.69) is 4.98 Å². The molecule has 1 aromatic heterocycles. The van der Waals surface area contributed by atoms with Gasteiger partial charge < -0.3 is 15.1 Å². The van der Waals surface area contributed by atoms with E-state index in [0.29, 0.717) is 17.3 Å². The molecule has 2 aromatic rings. The smallest absolute Gasteiger partial charge is 0.275 e. The maximum atomic E-state index is 12.3. The summed E-state index contributed by atoms with van der Waals surface area (Å²) in [5.74, 6) is 2.31.